The zero-order valence-electron chi connectivity index (χ0n) is 7.97. The molecular formula is C11H6F3NO. The molecule has 0 aliphatic rings. The Hall–Kier alpha value is -2.14. The predicted molar refractivity (Wildman–Crippen MR) is 50.2 cm³/mol. The van der Waals surface area contributed by atoms with Gasteiger partial charge in [0.25, 0.3) is 0 Å². The number of aromatic hydroxyl groups is 1. The molecule has 0 heterocycles. The van der Waals surface area contributed by atoms with Crippen molar-refractivity contribution in [2.45, 2.75) is 12.6 Å². The second kappa shape index (κ2) is 4.59. The Morgan fingerprint density at radius 2 is 2.00 bits per heavy atom. The Morgan fingerprint density at radius 1 is 1.31 bits per heavy atom. The summed E-state index contributed by atoms with van der Waals surface area (Å²) in [7, 11) is 0. The normalized spacial score (nSPS) is 10.1. The lowest BCUT2D eigenvalue weighted by Crippen LogP contribution is -2.05. The number of hydrogen-bond acceptors (Lipinski definition) is 2. The first-order valence-corrected chi connectivity index (χ1v) is 4.21. The summed E-state index contributed by atoms with van der Waals surface area (Å²) in [4.78, 5) is 0. The van der Waals surface area contributed by atoms with Gasteiger partial charge in [-0.05, 0) is 18.2 Å². The topological polar surface area (TPSA) is 44.0 Å². The van der Waals surface area contributed by atoms with Gasteiger partial charge in [-0.1, -0.05) is 11.8 Å². The highest BCUT2D eigenvalue weighted by Crippen LogP contribution is 2.35. The molecule has 0 radical (unpaired) electrons. The maximum Gasteiger partial charge on any atom is 0.419 e. The van der Waals surface area contributed by atoms with Gasteiger partial charge >= 0.3 is 6.18 Å². The molecule has 5 heteroatoms. The van der Waals surface area contributed by atoms with Crippen LogP contribution in [-0.2, 0) is 6.18 Å². The van der Waals surface area contributed by atoms with Crippen molar-refractivity contribution in [3.05, 3.63) is 29.3 Å². The van der Waals surface area contributed by atoms with E-state index in [4.69, 9.17) is 10.4 Å². The number of phenolic OH excluding ortho intramolecular Hbond substituents is 1. The summed E-state index contributed by atoms with van der Waals surface area (Å²) in [5, 5.41) is 17.2. The first kappa shape index (κ1) is 11.9. The minimum atomic E-state index is -4.61. The third-order valence-electron chi connectivity index (χ3n) is 1.70. The first-order chi connectivity index (χ1) is 7.45. The van der Waals surface area contributed by atoms with Crippen LogP contribution in [0.1, 0.15) is 17.5 Å². The maximum absolute atomic E-state index is 12.4. The molecule has 0 fully saturated rings. The van der Waals surface area contributed by atoms with E-state index < -0.39 is 17.5 Å². The van der Waals surface area contributed by atoms with E-state index in [0.717, 1.165) is 12.1 Å². The third kappa shape index (κ3) is 2.93. The molecule has 1 aromatic rings. The molecule has 0 aromatic heterocycles. The van der Waals surface area contributed by atoms with Crippen LogP contribution in [0.5, 0.6) is 5.75 Å². The first-order valence-electron chi connectivity index (χ1n) is 4.21. The van der Waals surface area contributed by atoms with Gasteiger partial charge in [-0.3, -0.25) is 0 Å². The van der Waals surface area contributed by atoms with Crippen molar-refractivity contribution in [1.29, 1.82) is 5.26 Å². The van der Waals surface area contributed by atoms with Crippen LogP contribution in [0.4, 0.5) is 13.2 Å². The highest BCUT2D eigenvalue weighted by Gasteiger charge is 2.33. The van der Waals surface area contributed by atoms with E-state index in [1.165, 1.54) is 6.07 Å². The van der Waals surface area contributed by atoms with Gasteiger partial charge in [0.15, 0.2) is 0 Å². The molecule has 0 atom stereocenters. The standard InChI is InChI=1S/C11H6F3NO/c12-11(13,14)9-7-8(3-1-2-6-15)4-5-10(9)16/h4-5,7,16H,2H2. The van der Waals surface area contributed by atoms with Crippen molar-refractivity contribution >= 4 is 0 Å². The molecule has 0 aliphatic carbocycles. The molecule has 1 N–H and O–H groups in total. The van der Waals surface area contributed by atoms with Gasteiger partial charge in [0.2, 0.25) is 0 Å². The van der Waals surface area contributed by atoms with E-state index in [1.807, 2.05) is 0 Å². The molecular weight excluding hydrogens is 219 g/mol. The van der Waals surface area contributed by atoms with Crippen LogP contribution in [0.25, 0.3) is 0 Å². The second-order valence-electron chi connectivity index (χ2n) is 2.87. The molecule has 1 aromatic carbocycles. The zero-order chi connectivity index (χ0) is 12.2. The summed E-state index contributed by atoms with van der Waals surface area (Å²) in [5.41, 5.74) is -1.02. The van der Waals surface area contributed by atoms with Gasteiger partial charge in [-0.2, -0.15) is 18.4 Å². The van der Waals surface area contributed by atoms with Crippen molar-refractivity contribution in [1.82, 2.24) is 0 Å². The molecule has 1 rings (SSSR count). The highest BCUT2D eigenvalue weighted by molar-refractivity contribution is 5.44. The van der Waals surface area contributed by atoms with Gasteiger partial charge in [0.1, 0.15) is 5.75 Å². The predicted octanol–water partition coefficient (Wildman–Crippen LogP) is 2.68. The largest absolute Gasteiger partial charge is 0.507 e. The van der Waals surface area contributed by atoms with Gasteiger partial charge in [-0.25, -0.2) is 0 Å². The van der Waals surface area contributed by atoms with E-state index >= 15 is 0 Å². The number of hydrogen-bond donors (Lipinski definition) is 1. The van der Waals surface area contributed by atoms with E-state index in [1.54, 1.807) is 6.07 Å². The van der Waals surface area contributed by atoms with Gasteiger partial charge < -0.3 is 5.11 Å². The molecule has 0 unspecified atom stereocenters. The number of benzene rings is 1. The SMILES string of the molecule is N#CCC#Cc1ccc(O)c(C(F)(F)F)c1. The van der Waals surface area contributed by atoms with Crippen molar-refractivity contribution in [2.24, 2.45) is 0 Å². The maximum atomic E-state index is 12.4. The monoisotopic (exact) mass is 225 g/mol. The van der Waals surface area contributed by atoms with E-state index in [0.29, 0.717) is 0 Å². The fraction of sp³-hybridized carbons (Fsp3) is 0.182. The summed E-state index contributed by atoms with van der Waals surface area (Å²) in [5.74, 6) is 3.96. The Bertz CT molecular complexity index is 489. The minimum Gasteiger partial charge on any atom is -0.507 e. The van der Waals surface area contributed by atoms with Crippen molar-refractivity contribution in [3.8, 4) is 23.7 Å². The Balaban J connectivity index is 3.11. The molecule has 82 valence electrons. The fourth-order valence-electron chi connectivity index (χ4n) is 1.03. The van der Waals surface area contributed by atoms with Crippen molar-refractivity contribution in [3.63, 3.8) is 0 Å². The number of rotatable bonds is 0. The lowest BCUT2D eigenvalue weighted by Gasteiger charge is -2.08. The Kier molecular flexibility index (Phi) is 3.42. The van der Waals surface area contributed by atoms with Crippen LogP contribution >= 0.6 is 0 Å². The Morgan fingerprint density at radius 3 is 2.56 bits per heavy atom. The number of phenols is 1. The quantitative estimate of drug-likeness (QED) is 0.690. The molecule has 0 saturated carbocycles. The second-order valence-corrected chi connectivity index (χ2v) is 2.87. The van der Waals surface area contributed by atoms with Crippen molar-refractivity contribution < 1.29 is 18.3 Å². The smallest absolute Gasteiger partial charge is 0.419 e. The van der Waals surface area contributed by atoms with Crippen molar-refractivity contribution in [2.75, 3.05) is 0 Å². The molecule has 0 aliphatic heterocycles. The molecule has 0 amide bonds. The minimum absolute atomic E-state index is 0.0533. The van der Waals surface area contributed by atoms with Crippen LogP contribution in [0, 0.1) is 23.2 Å². The van der Waals surface area contributed by atoms with Crippen LogP contribution < -0.4 is 0 Å². The average Bonchev–Trinajstić information content (AvgIpc) is 2.19. The summed E-state index contributed by atoms with van der Waals surface area (Å²) in [6.45, 7) is 0. The lowest BCUT2D eigenvalue weighted by molar-refractivity contribution is -0.138. The average molecular weight is 225 g/mol. The summed E-state index contributed by atoms with van der Waals surface area (Å²) in [6.07, 6.45) is -4.67. The van der Waals surface area contributed by atoms with Gasteiger partial charge in [0.05, 0.1) is 18.1 Å². The van der Waals surface area contributed by atoms with Gasteiger partial charge in [0, 0.05) is 5.56 Å². The van der Waals surface area contributed by atoms with E-state index in [2.05, 4.69) is 11.8 Å². The van der Waals surface area contributed by atoms with Crippen LogP contribution in [-0.4, -0.2) is 5.11 Å². The highest BCUT2D eigenvalue weighted by atomic mass is 19.4. The fourth-order valence-corrected chi connectivity index (χ4v) is 1.03. The molecule has 0 saturated heterocycles. The van der Waals surface area contributed by atoms with Crippen LogP contribution in [0.15, 0.2) is 18.2 Å². The molecule has 16 heavy (non-hydrogen) atoms. The number of halogens is 3. The van der Waals surface area contributed by atoms with Gasteiger partial charge in [-0.15, -0.1) is 0 Å². The number of alkyl halides is 3. The Labute approximate surface area is 89.9 Å². The van der Waals surface area contributed by atoms with Crippen LogP contribution in [0.3, 0.4) is 0 Å². The third-order valence-corrected chi connectivity index (χ3v) is 1.70. The lowest BCUT2D eigenvalue weighted by atomic mass is 10.1. The molecule has 0 spiro atoms. The number of nitrogens with zero attached hydrogens (tertiary/aromatic N) is 1. The van der Waals surface area contributed by atoms with E-state index in [9.17, 15) is 13.2 Å². The summed E-state index contributed by atoms with van der Waals surface area (Å²) in [6, 6.07) is 4.69. The summed E-state index contributed by atoms with van der Waals surface area (Å²) >= 11 is 0. The zero-order valence-corrected chi connectivity index (χ0v) is 7.97. The van der Waals surface area contributed by atoms with E-state index in [-0.39, 0.29) is 12.0 Å². The molecule has 0 bridgehead atoms. The van der Waals surface area contributed by atoms with Crippen LogP contribution in [0.2, 0.25) is 0 Å². The number of nitriles is 1. The summed E-state index contributed by atoms with van der Waals surface area (Å²) < 4.78 is 37.1. The molecule has 2 nitrogen and oxygen atoms in total.